The quantitative estimate of drug-likeness (QED) is 0.223. The van der Waals surface area contributed by atoms with Gasteiger partial charge in [-0.15, -0.1) is 0 Å². The van der Waals surface area contributed by atoms with Gasteiger partial charge in [0.15, 0.2) is 0 Å². The van der Waals surface area contributed by atoms with Gasteiger partial charge in [0.2, 0.25) is 0 Å². The van der Waals surface area contributed by atoms with Crippen molar-refractivity contribution in [1.82, 2.24) is 10.2 Å². The van der Waals surface area contributed by atoms with E-state index in [1.165, 1.54) is 31.3 Å². The van der Waals surface area contributed by atoms with Crippen molar-refractivity contribution in [2.75, 3.05) is 20.1 Å². The van der Waals surface area contributed by atoms with Gasteiger partial charge in [-0.2, -0.15) is 0 Å². The molecule has 1 aliphatic heterocycles. The molecule has 8 atom stereocenters. The maximum Gasteiger partial charge on any atom is 0.435 e. The van der Waals surface area contributed by atoms with Crippen LogP contribution in [0.2, 0.25) is 0 Å². The Labute approximate surface area is 218 Å². The van der Waals surface area contributed by atoms with E-state index < -0.39 is 0 Å². The molecule has 0 spiro atoms. The molecule has 6 heteroatoms. The van der Waals surface area contributed by atoms with E-state index in [-0.39, 0.29) is 34.5 Å². The molecule has 202 valence electrons. The van der Waals surface area contributed by atoms with Crippen LogP contribution in [0.1, 0.15) is 92.4 Å². The van der Waals surface area contributed by atoms with Gasteiger partial charge in [0, 0.05) is 25.6 Å². The number of hydrogen-bond acceptors (Lipinski definition) is 5. The summed E-state index contributed by atoms with van der Waals surface area (Å²) in [5.41, 5.74) is 3.21. The summed E-state index contributed by atoms with van der Waals surface area (Å²) in [5.74, 6) is 2.59. The van der Waals surface area contributed by atoms with E-state index in [4.69, 9.17) is 4.84 Å². The maximum atomic E-state index is 12.7. The van der Waals surface area contributed by atoms with Crippen LogP contribution in [-0.4, -0.2) is 54.1 Å². The molecule has 1 amide bonds. The van der Waals surface area contributed by atoms with Crippen molar-refractivity contribution >= 4 is 11.8 Å². The Morgan fingerprint density at radius 3 is 2.61 bits per heavy atom. The van der Waals surface area contributed by atoms with Gasteiger partial charge in [-0.05, 0) is 105 Å². The van der Waals surface area contributed by atoms with Crippen LogP contribution in [0.4, 0.5) is 4.79 Å². The molecule has 1 heterocycles. The normalized spacial score (nSPS) is 43.8. The fourth-order valence-corrected chi connectivity index (χ4v) is 9.32. The van der Waals surface area contributed by atoms with Crippen LogP contribution in [0.25, 0.3) is 0 Å². The number of aliphatic hydroxyl groups excluding tert-OH is 1. The Morgan fingerprint density at radius 2 is 1.89 bits per heavy atom. The van der Waals surface area contributed by atoms with Gasteiger partial charge in [0.25, 0.3) is 0 Å². The van der Waals surface area contributed by atoms with Crippen LogP contribution in [0, 0.1) is 39.9 Å². The molecule has 0 aromatic heterocycles. The number of likely N-dealkylation sites (N-methyl/N-ethyl adjacent to an activating group) is 1. The van der Waals surface area contributed by atoms with Gasteiger partial charge in [-0.25, -0.2) is 4.79 Å². The number of rotatable bonds is 4. The smallest absolute Gasteiger partial charge is 0.389 e. The minimum absolute atomic E-state index is 0.185. The summed E-state index contributed by atoms with van der Waals surface area (Å²) < 4.78 is 0. The molecule has 0 bridgehead atoms. The second-order valence-electron chi connectivity index (χ2n) is 14.0. The average molecular weight is 500 g/mol. The minimum Gasteiger partial charge on any atom is -0.389 e. The minimum atomic E-state index is -0.360. The molecular formula is C30H49N3O3. The predicted octanol–water partition coefficient (Wildman–Crippen LogP) is 5.76. The highest BCUT2D eigenvalue weighted by Crippen LogP contribution is 2.66. The molecule has 4 fully saturated rings. The topological polar surface area (TPSA) is 74.2 Å². The van der Waals surface area contributed by atoms with Crippen molar-refractivity contribution in [2.45, 2.75) is 105 Å². The summed E-state index contributed by atoms with van der Waals surface area (Å²) in [5, 5.41) is 18.2. The monoisotopic (exact) mass is 499 g/mol. The lowest BCUT2D eigenvalue weighted by atomic mass is 9.46. The third-order valence-corrected chi connectivity index (χ3v) is 11.7. The van der Waals surface area contributed by atoms with Crippen LogP contribution in [0.3, 0.4) is 0 Å². The van der Waals surface area contributed by atoms with E-state index in [1.807, 2.05) is 7.05 Å². The van der Waals surface area contributed by atoms with E-state index in [0.717, 1.165) is 56.2 Å². The van der Waals surface area contributed by atoms with Gasteiger partial charge in [-0.3, -0.25) is 4.84 Å². The van der Waals surface area contributed by atoms with Crippen molar-refractivity contribution in [3.05, 3.63) is 11.6 Å². The lowest BCUT2D eigenvalue weighted by Gasteiger charge is -2.58. The Morgan fingerprint density at radius 1 is 1.11 bits per heavy atom. The molecule has 0 aromatic rings. The molecule has 1 unspecified atom stereocenters. The lowest BCUT2D eigenvalue weighted by Crippen LogP contribution is -2.51. The lowest BCUT2D eigenvalue weighted by molar-refractivity contribution is -0.0479. The van der Waals surface area contributed by atoms with E-state index in [2.05, 4.69) is 51.2 Å². The standard InChI is InChI=1S/C30H49N3O3/c1-19(32-36-27(35)33(6)18-26-28(2,3)15-16-31-26)23-9-10-24-22-8-7-20-17-21(34)11-13-29(20,4)25(22)12-14-30(23,24)5/h17,21-26,31,34H,7-16,18H2,1-6H3/b32-19+/t21-,22-,23+,24-,25-,26?,29-,30+/m0/s1. The number of aliphatic hydroxyl groups is 1. The first-order valence-electron chi connectivity index (χ1n) is 14.5. The summed E-state index contributed by atoms with van der Waals surface area (Å²) in [6, 6.07) is 0.282. The Balaban J connectivity index is 1.24. The maximum absolute atomic E-state index is 12.7. The van der Waals surface area contributed by atoms with Crippen molar-refractivity contribution in [3.8, 4) is 0 Å². The highest BCUT2D eigenvalue weighted by molar-refractivity contribution is 5.85. The molecule has 5 rings (SSSR count). The van der Waals surface area contributed by atoms with Crippen LogP contribution < -0.4 is 5.32 Å². The summed E-state index contributed by atoms with van der Waals surface area (Å²) in [6.45, 7) is 13.2. The number of amides is 1. The Kier molecular flexibility index (Phi) is 6.85. The van der Waals surface area contributed by atoms with E-state index in [1.54, 1.807) is 4.90 Å². The van der Waals surface area contributed by atoms with Gasteiger partial charge >= 0.3 is 6.09 Å². The fourth-order valence-electron chi connectivity index (χ4n) is 9.32. The molecule has 0 aromatic carbocycles. The number of oxime groups is 1. The second kappa shape index (κ2) is 9.41. The first-order valence-corrected chi connectivity index (χ1v) is 14.5. The molecule has 36 heavy (non-hydrogen) atoms. The van der Waals surface area contributed by atoms with E-state index >= 15 is 0 Å². The second-order valence-corrected chi connectivity index (χ2v) is 14.0. The third-order valence-electron chi connectivity index (χ3n) is 11.7. The van der Waals surface area contributed by atoms with Crippen molar-refractivity contribution in [1.29, 1.82) is 0 Å². The summed E-state index contributed by atoms with van der Waals surface area (Å²) >= 11 is 0. The average Bonchev–Trinajstić information content (AvgIpc) is 3.35. The number of carbonyl (C=O) groups excluding carboxylic acids is 1. The Bertz CT molecular complexity index is 928. The zero-order valence-electron chi connectivity index (χ0n) is 23.5. The van der Waals surface area contributed by atoms with Crippen LogP contribution in [-0.2, 0) is 4.84 Å². The van der Waals surface area contributed by atoms with E-state index in [9.17, 15) is 9.90 Å². The summed E-state index contributed by atoms with van der Waals surface area (Å²) in [6.07, 6.45) is 12.0. The number of nitrogens with one attached hydrogen (secondary N) is 1. The molecule has 5 aliphatic rings. The molecule has 3 saturated carbocycles. The number of fused-ring (bicyclic) bond motifs is 5. The number of hydrogen-bond donors (Lipinski definition) is 2. The summed E-state index contributed by atoms with van der Waals surface area (Å²) in [4.78, 5) is 19.9. The summed E-state index contributed by atoms with van der Waals surface area (Å²) in [7, 11) is 1.81. The van der Waals surface area contributed by atoms with E-state index in [0.29, 0.717) is 18.4 Å². The van der Waals surface area contributed by atoms with Crippen LogP contribution in [0.5, 0.6) is 0 Å². The highest BCUT2D eigenvalue weighted by atomic mass is 16.7. The van der Waals surface area contributed by atoms with Crippen molar-refractivity contribution in [2.24, 2.45) is 45.1 Å². The SMILES string of the molecule is C/C(=N\OC(=O)N(C)CC1NCCC1(C)C)[C@H]1CC[C@H]2[C@@H]3CCC4=C[C@@H](O)CC[C@]4(C)[C@H]3CC[C@]12C. The van der Waals surface area contributed by atoms with Gasteiger partial charge < -0.3 is 15.3 Å². The number of nitrogens with zero attached hydrogens (tertiary/aromatic N) is 2. The zero-order valence-corrected chi connectivity index (χ0v) is 23.5. The molecule has 2 N–H and O–H groups in total. The Hall–Kier alpha value is -1.40. The largest absolute Gasteiger partial charge is 0.435 e. The number of allylic oxidation sites excluding steroid dienone is 1. The first kappa shape index (κ1) is 26.2. The van der Waals surface area contributed by atoms with Crippen LogP contribution in [0.15, 0.2) is 16.8 Å². The number of carbonyl (C=O) groups is 1. The first-order chi connectivity index (χ1) is 17.0. The zero-order chi connectivity index (χ0) is 25.9. The third kappa shape index (κ3) is 4.34. The van der Waals surface area contributed by atoms with Crippen molar-refractivity contribution < 1.29 is 14.7 Å². The molecule has 0 radical (unpaired) electrons. The predicted molar refractivity (Wildman–Crippen MR) is 144 cm³/mol. The molecule has 6 nitrogen and oxygen atoms in total. The van der Waals surface area contributed by atoms with Gasteiger partial charge in [-0.1, -0.05) is 44.5 Å². The van der Waals surface area contributed by atoms with Crippen LogP contribution >= 0.6 is 0 Å². The van der Waals surface area contributed by atoms with Gasteiger partial charge in [0.05, 0.1) is 11.8 Å². The van der Waals surface area contributed by atoms with Gasteiger partial charge in [0.1, 0.15) is 0 Å². The molecular weight excluding hydrogens is 450 g/mol. The van der Waals surface area contributed by atoms with Crippen molar-refractivity contribution in [3.63, 3.8) is 0 Å². The molecule has 4 aliphatic carbocycles. The molecule has 1 saturated heterocycles. The highest BCUT2D eigenvalue weighted by Gasteiger charge is 2.59. The fraction of sp³-hybridized carbons (Fsp3) is 0.867.